The van der Waals surface area contributed by atoms with Gasteiger partial charge in [-0.3, -0.25) is 4.90 Å². The van der Waals surface area contributed by atoms with Crippen LogP contribution in [0.2, 0.25) is 5.02 Å². The number of nitrogens with one attached hydrogen (secondary N) is 1. The molecule has 1 saturated heterocycles. The van der Waals surface area contributed by atoms with Gasteiger partial charge in [0.15, 0.2) is 0 Å². The minimum Gasteiger partial charge on any atom is -0.495 e. The first-order chi connectivity index (χ1) is 9.01. The normalized spacial score (nSPS) is 20.0. The average Bonchev–Trinajstić information content (AvgIpc) is 2.82. The highest BCUT2D eigenvalue weighted by Crippen LogP contribution is 2.32. The molecule has 0 spiro atoms. The maximum atomic E-state index is 6.13. The van der Waals surface area contributed by atoms with Crippen LogP contribution >= 0.6 is 11.6 Å². The van der Waals surface area contributed by atoms with Crippen molar-refractivity contribution in [2.24, 2.45) is 0 Å². The van der Waals surface area contributed by atoms with Gasteiger partial charge in [0, 0.05) is 36.3 Å². The maximum absolute atomic E-state index is 6.13. The van der Waals surface area contributed by atoms with Gasteiger partial charge in [-0.2, -0.15) is 0 Å². The Hall–Kier alpha value is -0.930. The topological polar surface area (TPSA) is 24.5 Å². The van der Waals surface area contributed by atoms with E-state index in [4.69, 9.17) is 16.3 Å². The first kappa shape index (κ1) is 14.5. The van der Waals surface area contributed by atoms with Crippen LogP contribution in [0, 0.1) is 6.92 Å². The van der Waals surface area contributed by atoms with Crippen LogP contribution < -0.4 is 10.1 Å². The van der Waals surface area contributed by atoms with Crippen molar-refractivity contribution in [1.82, 2.24) is 4.90 Å². The van der Waals surface area contributed by atoms with Gasteiger partial charge >= 0.3 is 0 Å². The predicted molar refractivity (Wildman–Crippen MR) is 81.5 cm³/mol. The summed E-state index contributed by atoms with van der Waals surface area (Å²) < 4.78 is 5.41. The Balaban J connectivity index is 2.09. The molecule has 1 heterocycles. The molecule has 1 aromatic rings. The molecule has 0 amide bonds. The lowest BCUT2D eigenvalue weighted by atomic mass is 10.1. The van der Waals surface area contributed by atoms with Gasteiger partial charge in [0.05, 0.1) is 12.8 Å². The smallest absolute Gasteiger partial charge is 0.143 e. The zero-order valence-electron chi connectivity index (χ0n) is 12.2. The molecule has 1 aliphatic rings. The third-order valence-electron chi connectivity index (χ3n) is 3.79. The standard InChI is InChI=1S/C15H23ClN2O/c1-10(2)18-6-5-12(9-18)17-14-7-11(3)13(16)8-15(14)19-4/h7-8,10,12,17H,5-6,9H2,1-4H3. The zero-order valence-corrected chi connectivity index (χ0v) is 12.9. The summed E-state index contributed by atoms with van der Waals surface area (Å²) in [6.07, 6.45) is 1.17. The summed E-state index contributed by atoms with van der Waals surface area (Å²) in [4.78, 5) is 2.49. The number of ether oxygens (including phenoxy) is 1. The van der Waals surface area contributed by atoms with E-state index in [2.05, 4.69) is 30.1 Å². The fourth-order valence-corrected chi connectivity index (χ4v) is 2.69. The Kier molecular flexibility index (Phi) is 4.58. The monoisotopic (exact) mass is 282 g/mol. The molecule has 0 aromatic heterocycles. The molecule has 106 valence electrons. The first-order valence-corrected chi connectivity index (χ1v) is 7.23. The molecule has 2 rings (SSSR count). The number of halogens is 1. The molecule has 3 nitrogen and oxygen atoms in total. The van der Waals surface area contributed by atoms with Crippen molar-refractivity contribution in [2.45, 2.75) is 39.3 Å². The number of nitrogens with zero attached hydrogens (tertiary/aromatic N) is 1. The molecule has 1 atom stereocenters. The van der Waals surface area contributed by atoms with Gasteiger partial charge in [0.2, 0.25) is 0 Å². The molecule has 1 N–H and O–H groups in total. The van der Waals surface area contributed by atoms with Crippen LogP contribution in [0.25, 0.3) is 0 Å². The van der Waals surface area contributed by atoms with Crippen LogP contribution in [0.3, 0.4) is 0 Å². The molecule has 1 unspecified atom stereocenters. The van der Waals surface area contributed by atoms with E-state index in [0.717, 1.165) is 35.1 Å². The quantitative estimate of drug-likeness (QED) is 0.914. The molecule has 0 aliphatic carbocycles. The summed E-state index contributed by atoms with van der Waals surface area (Å²) in [5, 5.41) is 4.34. The predicted octanol–water partition coefficient (Wildman–Crippen LogP) is 3.55. The van der Waals surface area contributed by atoms with E-state index in [9.17, 15) is 0 Å². The second-order valence-corrected chi connectivity index (χ2v) is 5.93. The summed E-state index contributed by atoms with van der Waals surface area (Å²) in [6, 6.07) is 5.05. The molecule has 1 aliphatic heterocycles. The minimum absolute atomic E-state index is 0.483. The summed E-state index contributed by atoms with van der Waals surface area (Å²) in [6.45, 7) is 8.75. The molecule has 0 saturated carbocycles. The van der Waals surface area contributed by atoms with E-state index >= 15 is 0 Å². The van der Waals surface area contributed by atoms with Crippen molar-refractivity contribution in [3.8, 4) is 5.75 Å². The lowest BCUT2D eigenvalue weighted by Gasteiger charge is -2.21. The SMILES string of the molecule is COc1cc(Cl)c(C)cc1NC1CCN(C(C)C)C1. The molecule has 0 radical (unpaired) electrons. The van der Waals surface area contributed by atoms with Gasteiger partial charge in [-0.15, -0.1) is 0 Å². The van der Waals surface area contributed by atoms with Crippen LogP contribution in [0.4, 0.5) is 5.69 Å². The Labute approximate surface area is 120 Å². The number of hydrogen-bond acceptors (Lipinski definition) is 3. The second-order valence-electron chi connectivity index (χ2n) is 5.52. The first-order valence-electron chi connectivity index (χ1n) is 6.86. The van der Waals surface area contributed by atoms with E-state index in [1.54, 1.807) is 7.11 Å². The van der Waals surface area contributed by atoms with E-state index in [1.807, 2.05) is 13.0 Å². The molecule has 4 heteroatoms. The number of rotatable bonds is 4. The van der Waals surface area contributed by atoms with Crippen molar-refractivity contribution in [3.05, 3.63) is 22.7 Å². The number of methoxy groups -OCH3 is 1. The lowest BCUT2D eigenvalue weighted by Crippen LogP contribution is -2.31. The number of aryl methyl sites for hydroxylation is 1. The van der Waals surface area contributed by atoms with Gasteiger partial charge in [0.1, 0.15) is 5.75 Å². The third kappa shape index (κ3) is 3.34. The van der Waals surface area contributed by atoms with Crippen LogP contribution in [-0.2, 0) is 0 Å². The van der Waals surface area contributed by atoms with Crippen molar-refractivity contribution >= 4 is 17.3 Å². The second kappa shape index (κ2) is 6.02. The Morgan fingerprint density at radius 3 is 2.74 bits per heavy atom. The van der Waals surface area contributed by atoms with Gasteiger partial charge in [-0.05, 0) is 38.8 Å². The Morgan fingerprint density at radius 2 is 2.16 bits per heavy atom. The van der Waals surface area contributed by atoms with Gasteiger partial charge < -0.3 is 10.1 Å². The van der Waals surface area contributed by atoms with Crippen LogP contribution in [0.15, 0.2) is 12.1 Å². The largest absolute Gasteiger partial charge is 0.495 e. The summed E-state index contributed by atoms with van der Waals surface area (Å²) in [5.41, 5.74) is 2.11. The summed E-state index contributed by atoms with van der Waals surface area (Å²) in [7, 11) is 1.68. The molecular formula is C15H23ClN2O. The summed E-state index contributed by atoms with van der Waals surface area (Å²) in [5.74, 6) is 0.818. The molecule has 1 fully saturated rings. The number of likely N-dealkylation sites (tertiary alicyclic amines) is 1. The zero-order chi connectivity index (χ0) is 14.0. The Morgan fingerprint density at radius 1 is 1.42 bits per heavy atom. The van der Waals surface area contributed by atoms with Crippen LogP contribution in [0.5, 0.6) is 5.75 Å². The Bertz CT molecular complexity index is 448. The fourth-order valence-electron chi connectivity index (χ4n) is 2.54. The highest BCUT2D eigenvalue weighted by atomic mass is 35.5. The molecule has 1 aromatic carbocycles. The highest BCUT2D eigenvalue weighted by Gasteiger charge is 2.24. The minimum atomic E-state index is 0.483. The van der Waals surface area contributed by atoms with Gasteiger partial charge in [0.25, 0.3) is 0 Å². The van der Waals surface area contributed by atoms with E-state index < -0.39 is 0 Å². The van der Waals surface area contributed by atoms with E-state index in [0.29, 0.717) is 12.1 Å². The van der Waals surface area contributed by atoms with Crippen molar-refractivity contribution in [3.63, 3.8) is 0 Å². The van der Waals surface area contributed by atoms with Gasteiger partial charge in [-0.25, -0.2) is 0 Å². The highest BCUT2D eigenvalue weighted by molar-refractivity contribution is 6.31. The lowest BCUT2D eigenvalue weighted by molar-refractivity contribution is 0.274. The summed E-state index contributed by atoms with van der Waals surface area (Å²) >= 11 is 6.13. The van der Waals surface area contributed by atoms with E-state index in [-0.39, 0.29) is 0 Å². The van der Waals surface area contributed by atoms with Crippen molar-refractivity contribution in [2.75, 3.05) is 25.5 Å². The molecule has 0 bridgehead atoms. The number of anilines is 1. The maximum Gasteiger partial charge on any atom is 0.143 e. The van der Waals surface area contributed by atoms with E-state index in [1.165, 1.54) is 6.42 Å². The number of hydrogen-bond donors (Lipinski definition) is 1. The average molecular weight is 283 g/mol. The van der Waals surface area contributed by atoms with Crippen molar-refractivity contribution in [1.29, 1.82) is 0 Å². The van der Waals surface area contributed by atoms with Gasteiger partial charge in [-0.1, -0.05) is 11.6 Å². The van der Waals surface area contributed by atoms with Crippen molar-refractivity contribution < 1.29 is 4.74 Å². The van der Waals surface area contributed by atoms with Crippen LogP contribution in [-0.4, -0.2) is 37.2 Å². The third-order valence-corrected chi connectivity index (χ3v) is 4.20. The molecular weight excluding hydrogens is 260 g/mol. The number of benzene rings is 1. The fraction of sp³-hybridized carbons (Fsp3) is 0.600. The molecule has 19 heavy (non-hydrogen) atoms. The van der Waals surface area contributed by atoms with Crippen LogP contribution in [0.1, 0.15) is 25.8 Å².